The molecule has 3 aromatic rings. The smallest absolute Gasteiger partial charge is 0.261 e. The van der Waals surface area contributed by atoms with E-state index in [4.69, 9.17) is 0 Å². The summed E-state index contributed by atoms with van der Waals surface area (Å²) in [6, 6.07) is 13.8. The summed E-state index contributed by atoms with van der Waals surface area (Å²) in [5.41, 5.74) is 2.25. The molecule has 7 nitrogen and oxygen atoms in total. The normalized spacial score (nSPS) is 14.7. The predicted octanol–water partition coefficient (Wildman–Crippen LogP) is 4.40. The second-order valence-corrected chi connectivity index (χ2v) is 9.74. The average Bonchev–Trinajstić information content (AvgIpc) is 3.43. The molecule has 1 fully saturated rings. The zero-order chi connectivity index (χ0) is 24.6. The van der Waals surface area contributed by atoms with E-state index in [1.54, 1.807) is 36.7 Å². The number of nitrogens with one attached hydrogen (secondary N) is 2. The Morgan fingerprint density at radius 3 is 2.49 bits per heavy atom. The Morgan fingerprint density at radius 1 is 1.06 bits per heavy atom. The Balaban J connectivity index is 1.65. The second-order valence-electron chi connectivity index (χ2n) is 8.79. The topological polar surface area (TPSA) is 91.4 Å². The lowest BCUT2D eigenvalue weighted by atomic mass is 9.94. The first kappa shape index (κ1) is 24.6. The molecule has 4 rings (SSSR count). The molecule has 1 aliphatic rings. The Kier molecular flexibility index (Phi) is 8.26. The summed E-state index contributed by atoms with van der Waals surface area (Å²) in [5, 5.41) is 7.69. The minimum atomic E-state index is -0.895. The zero-order valence-corrected chi connectivity index (χ0v) is 20.6. The van der Waals surface area contributed by atoms with E-state index in [1.807, 2.05) is 36.6 Å². The largest absolute Gasteiger partial charge is 0.351 e. The van der Waals surface area contributed by atoms with E-state index in [0.29, 0.717) is 16.1 Å². The van der Waals surface area contributed by atoms with Crippen LogP contribution in [-0.4, -0.2) is 35.3 Å². The highest BCUT2D eigenvalue weighted by Crippen LogP contribution is 2.29. The zero-order valence-electron chi connectivity index (χ0n) is 19.8. The van der Waals surface area contributed by atoms with Crippen LogP contribution < -0.4 is 15.5 Å². The molecule has 3 amide bonds. The minimum absolute atomic E-state index is 0.0913. The number of rotatable bonds is 8. The monoisotopic (exact) mass is 490 g/mol. The maximum Gasteiger partial charge on any atom is 0.261 e. The van der Waals surface area contributed by atoms with Gasteiger partial charge in [0.2, 0.25) is 11.8 Å². The highest BCUT2D eigenvalue weighted by Gasteiger charge is 2.34. The molecule has 182 valence electrons. The summed E-state index contributed by atoms with van der Waals surface area (Å²) in [4.78, 5) is 46.0. The lowest BCUT2D eigenvalue weighted by Gasteiger charge is -2.33. The number of carbonyl (C=O) groups excluding carboxylic acids is 3. The SMILES string of the molecule is Cc1ccc([C@H](C(=O)NC2CCCCC2)N(C(=O)CNC(=O)c2cccs2)c2cccnc2)cc1. The molecule has 1 saturated carbocycles. The third-order valence-electron chi connectivity index (χ3n) is 6.19. The number of pyridine rings is 1. The lowest BCUT2D eigenvalue weighted by molar-refractivity contribution is -0.127. The summed E-state index contributed by atoms with van der Waals surface area (Å²) >= 11 is 1.31. The Bertz CT molecular complexity index is 1130. The third-order valence-corrected chi connectivity index (χ3v) is 7.06. The second kappa shape index (κ2) is 11.8. The van der Waals surface area contributed by atoms with Gasteiger partial charge in [-0.15, -0.1) is 11.3 Å². The quantitative estimate of drug-likeness (QED) is 0.490. The molecule has 0 unspecified atom stereocenters. The van der Waals surface area contributed by atoms with Crippen molar-refractivity contribution in [3.05, 3.63) is 82.3 Å². The summed E-state index contributed by atoms with van der Waals surface area (Å²) in [6.45, 7) is 1.73. The van der Waals surface area contributed by atoms with Crippen molar-refractivity contribution in [3.8, 4) is 0 Å². The first-order chi connectivity index (χ1) is 17.0. The predicted molar refractivity (Wildman–Crippen MR) is 137 cm³/mol. The van der Waals surface area contributed by atoms with Crippen molar-refractivity contribution in [2.45, 2.75) is 51.1 Å². The molecule has 1 aliphatic carbocycles. The van der Waals surface area contributed by atoms with Crippen LogP contribution in [-0.2, 0) is 9.59 Å². The molecule has 2 N–H and O–H groups in total. The fraction of sp³-hybridized carbons (Fsp3) is 0.333. The summed E-state index contributed by atoms with van der Waals surface area (Å²) in [6.07, 6.45) is 8.40. The summed E-state index contributed by atoms with van der Waals surface area (Å²) in [7, 11) is 0. The first-order valence-electron chi connectivity index (χ1n) is 11.9. The number of carbonyl (C=O) groups is 3. The van der Waals surface area contributed by atoms with Gasteiger partial charge in [-0.1, -0.05) is 55.2 Å². The minimum Gasteiger partial charge on any atom is -0.351 e. The van der Waals surface area contributed by atoms with Crippen molar-refractivity contribution >= 4 is 34.7 Å². The van der Waals surface area contributed by atoms with Crippen LogP contribution in [0.5, 0.6) is 0 Å². The van der Waals surface area contributed by atoms with Crippen LogP contribution in [0.2, 0.25) is 0 Å². The van der Waals surface area contributed by atoms with Crippen LogP contribution in [0.1, 0.15) is 58.9 Å². The van der Waals surface area contributed by atoms with Crippen LogP contribution in [0.15, 0.2) is 66.3 Å². The number of benzene rings is 1. The Hall–Kier alpha value is -3.52. The van der Waals surface area contributed by atoms with E-state index >= 15 is 0 Å². The van der Waals surface area contributed by atoms with E-state index in [1.165, 1.54) is 22.7 Å². The number of hydrogen-bond donors (Lipinski definition) is 2. The van der Waals surface area contributed by atoms with Crippen molar-refractivity contribution in [1.82, 2.24) is 15.6 Å². The fourth-order valence-corrected chi connectivity index (χ4v) is 5.00. The van der Waals surface area contributed by atoms with Gasteiger partial charge in [0.15, 0.2) is 0 Å². The number of hydrogen-bond acceptors (Lipinski definition) is 5. The van der Waals surface area contributed by atoms with Gasteiger partial charge in [-0.2, -0.15) is 0 Å². The van der Waals surface area contributed by atoms with E-state index in [9.17, 15) is 14.4 Å². The van der Waals surface area contributed by atoms with E-state index in [-0.39, 0.29) is 24.4 Å². The standard InChI is InChI=1S/C27H30N4O3S/c1-19-11-13-20(14-12-19)25(27(34)30-21-7-3-2-4-8-21)31(22-9-5-15-28-17-22)24(32)18-29-26(33)23-10-6-16-35-23/h5-6,9-17,21,25H,2-4,7-8,18H2,1H3,(H,29,33)(H,30,34)/t25-/m1/s1. The molecule has 0 bridgehead atoms. The number of aryl methyl sites for hydroxylation is 1. The van der Waals surface area contributed by atoms with Crippen LogP contribution in [0.4, 0.5) is 5.69 Å². The van der Waals surface area contributed by atoms with Gasteiger partial charge in [-0.3, -0.25) is 24.3 Å². The van der Waals surface area contributed by atoms with Gasteiger partial charge in [-0.25, -0.2) is 0 Å². The van der Waals surface area contributed by atoms with Crippen molar-refractivity contribution in [2.75, 3.05) is 11.4 Å². The van der Waals surface area contributed by atoms with Crippen LogP contribution in [0.3, 0.4) is 0 Å². The van der Waals surface area contributed by atoms with Gasteiger partial charge in [0.25, 0.3) is 5.91 Å². The van der Waals surface area contributed by atoms with Crippen molar-refractivity contribution in [1.29, 1.82) is 0 Å². The molecule has 1 atom stereocenters. The van der Waals surface area contributed by atoms with Crippen molar-refractivity contribution in [3.63, 3.8) is 0 Å². The summed E-state index contributed by atoms with van der Waals surface area (Å²) < 4.78 is 0. The molecule has 0 aliphatic heterocycles. The number of aromatic nitrogens is 1. The molecule has 2 heterocycles. The molecule has 1 aromatic carbocycles. The van der Waals surface area contributed by atoms with Crippen LogP contribution in [0, 0.1) is 6.92 Å². The fourth-order valence-electron chi connectivity index (χ4n) is 4.36. The van der Waals surface area contributed by atoms with Gasteiger partial charge < -0.3 is 10.6 Å². The molecular formula is C27H30N4O3S. The summed E-state index contributed by atoms with van der Waals surface area (Å²) in [5.74, 6) is -0.951. The molecule has 0 saturated heterocycles. The Morgan fingerprint density at radius 2 is 1.83 bits per heavy atom. The Labute approximate surface area is 209 Å². The van der Waals surface area contributed by atoms with Gasteiger partial charge in [-0.05, 0) is 48.9 Å². The van der Waals surface area contributed by atoms with E-state index in [2.05, 4.69) is 15.6 Å². The average molecular weight is 491 g/mol. The van der Waals surface area contributed by atoms with Gasteiger partial charge >= 0.3 is 0 Å². The third kappa shape index (κ3) is 6.33. The first-order valence-corrected chi connectivity index (χ1v) is 12.8. The molecular weight excluding hydrogens is 460 g/mol. The van der Waals surface area contributed by atoms with Crippen molar-refractivity contribution in [2.24, 2.45) is 0 Å². The molecule has 8 heteroatoms. The molecule has 35 heavy (non-hydrogen) atoms. The molecule has 2 aromatic heterocycles. The number of amides is 3. The van der Waals surface area contributed by atoms with Gasteiger partial charge in [0.1, 0.15) is 6.04 Å². The van der Waals surface area contributed by atoms with Crippen LogP contribution in [0.25, 0.3) is 0 Å². The van der Waals surface area contributed by atoms with E-state index < -0.39 is 11.9 Å². The molecule has 0 radical (unpaired) electrons. The van der Waals surface area contributed by atoms with Crippen molar-refractivity contribution < 1.29 is 14.4 Å². The highest BCUT2D eigenvalue weighted by atomic mass is 32.1. The van der Waals surface area contributed by atoms with E-state index in [0.717, 1.165) is 31.2 Å². The number of anilines is 1. The van der Waals surface area contributed by atoms with Crippen LogP contribution >= 0.6 is 11.3 Å². The number of nitrogens with zero attached hydrogens (tertiary/aromatic N) is 2. The van der Waals surface area contributed by atoms with Gasteiger partial charge in [0.05, 0.1) is 23.3 Å². The maximum absolute atomic E-state index is 13.7. The maximum atomic E-state index is 13.7. The van der Waals surface area contributed by atoms with Gasteiger partial charge in [0, 0.05) is 12.2 Å². The number of thiophene rings is 1. The molecule has 0 spiro atoms. The highest BCUT2D eigenvalue weighted by molar-refractivity contribution is 7.12. The lowest BCUT2D eigenvalue weighted by Crippen LogP contribution is -2.49.